The number of Topliss-reactive ketones (excluding diaryl/α,β-unsaturated/α-hetero) is 4. The Kier molecular flexibility index (Phi) is 6.89. The predicted octanol–water partition coefficient (Wildman–Crippen LogP) is 9.88. The molecule has 1 spiro atoms. The van der Waals surface area contributed by atoms with Crippen molar-refractivity contribution in [1.82, 2.24) is 0 Å². The zero-order chi connectivity index (χ0) is 37.2. The minimum atomic E-state index is -0.446. The van der Waals surface area contributed by atoms with Crippen LogP contribution >= 0.6 is 45.3 Å². The summed E-state index contributed by atoms with van der Waals surface area (Å²) in [5, 5.41) is 37.9. The highest BCUT2D eigenvalue weighted by molar-refractivity contribution is 7.35. The molecule has 0 amide bonds. The van der Waals surface area contributed by atoms with E-state index in [9.17, 15) is 40.2 Å². The van der Waals surface area contributed by atoms with Gasteiger partial charge >= 0.3 is 0 Å². The Labute approximate surface area is 322 Å². The fourth-order valence-corrected chi connectivity index (χ4v) is 14.3. The minimum Gasteiger partial charge on any atom is -0.288 e. The number of benzene rings is 2. The van der Waals surface area contributed by atoms with E-state index in [1.165, 1.54) is 45.1 Å². The number of allylic oxidation sites excluding steroid dienone is 2. The number of hydrogen-bond acceptors (Lipinski definition) is 12. The van der Waals surface area contributed by atoms with Crippen LogP contribution in [0.4, 0.5) is 0 Å². The second kappa shape index (κ2) is 11.4. The Balaban J connectivity index is 1.05. The molecule has 0 unspecified atom stereocenters. The van der Waals surface area contributed by atoms with Crippen molar-refractivity contribution in [2.75, 3.05) is 0 Å². The summed E-state index contributed by atoms with van der Waals surface area (Å²) in [6, 6.07) is 17.2. The summed E-state index contributed by atoms with van der Waals surface area (Å²) in [5.41, 5.74) is 3.33. The molecule has 2 aromatic carbocycles. The zero-order valence-corrected chi connectivity index (χ0v) is 31.0. The Morgan fingerprint density at radius 1 is 0.500 bits per heavy atom. The average Bonchev–Trinajstić information content (AvgIpc) is 4.03. The van der Waals surface area contributed by atoms with Crippen LogP contribution in [0.15, 0.2) is 47.5 Å². The summed E-state index contributed by atoms with van der Waals surface area (Å²) in [5.74, 6) is -1.78. The van der Waals surface area contributed by atoms with Crippen molar-refractivity contribution in [2.45, 2.75) is 37.5 Å². The van der Waals surface area contributed by atoms with Crippen LogP contribution in [-0.4, -0.2) is 23.1 Å². The molecule has 0 saturated heterocycles. The van der Waals surface area contributed by atoms with Crippen LogP contribution in [-0.2, 0) is 5.41 Å². The van der Waals surface area contributed by atoms with Crippen molar-refractivity contribution < 1.29 is 19.2 Å². The first-order valence-corrected chi connectivity index (χ1v) is 20.2. The molecule has 8 nitrogen and oxygen atoms in total. The number of rotatable bonds is 2. The maximum Gasteiger partial charge on any atom is 0.197 e. The van der Waals surface area contributed by atoms with Gasteiger partial charge in [0.25, 0.3) is 0 Å². The van der Waals surface area contributed by atoms with Gasteiger partial charge in [0, 0.05) is 57.9 Å². The number of nitriles is 4. The summed E-state index contributed by atoms with van der Waals surface area (Å²) in [4.78, 5) is 57.8. The molecule has 6 aromatic rings. The monoisotopic (exact) mass is 770 g/mol. The van der Waals surface area contributed by atoms with Gasteiger partial charge in [-0.25, -0.2) is 0 Å². The van der Waals surface area contributed by atoms with Crippen LogP contribution in [0.5, 0.6) is 0 Å². The Morgan fingerprint density at radius 2 is 0.852 bits per heavy atom. The number of fused-ring (bicyclic) bond motifs is 11. The van der Waals surface area contributed by atoms with Gasteiger partial charge in [-0.1, -0.05) is 19.3 Å². The molecule has 0 atom stereocenters. The molecule has 0 N–H and O–H groups in total. The molecule has 10 rings (SSSR count). The van der Waals surface area contributed by atoms with Crippen molar-refractivity contribution >= 4 is 99.4 Å². The van der Waals surface area contributed by atoms with E-state index < -0.39 is 23.1 Å². The molecule has 1 saturated carbocycles. The van der Waals surface area contributed by atoms with Crippen LogP contribution in [0.3, 0.4) is 0 Å². The zero-order valence-electron chi connectivity index (χ0n) is 27.7. The Bertz CT molecular complexity index is 2800. The van der Waals surface area contributed by atoms with E-state index in [1.54, 1.807) is 57.5 Å². The first-order valence-electron chi connectivity index (χ1n) is 16.9. The van der Waals surface area contributed by atoms with Crippen LogP contribution in [0, 0.1) is 45.3 Å². The van der Waals surface area contributed by atoms with Crippen molar-refractivity contribution in [3.05, 3.63) is 113 Å². The van der Waals surface area contributed by atoms with E-state index in [4.69, 9.17) is 0 Å². The van der Waals surface area contributed by atoms with Gasteiger partial charge in [-0.05, 0) is 61.4 Å². The first kappa shape index (κ1) is 32.5. The van der Waals surface area contributed by atoms with Crippen LogP contribution in [0.2, 0.25) is 0 Å². The molecule has 54 heavy (non-hydrogen) atoms. The van der Waals surface area contributed by atoms with E-state index >= 15 is 0 Å². The van der Waals surface area contributed by atoms with Crippen molar-refractivity contribution in [2.24, 2.45) is 0 Å². The third-order valence-electron chi connectivity index (χ3n) is 11.0. The minimum absolute atomic E-state index is 0.0290. The molecule has 0 bridgehead atoms. The Morgan fingerprint density at radius 3 is 1.19 bits per heavy atom. The molecule has 254 valence electrons. The second-order valence-electron chi connectivity index (χ2n) is 13.7. The van der Waals surface area contributed by atoms with Gasteiger partial charge in [-0.2, -0.15) is 21.0 Å². The molecule has 1 fully saturated rings. The summed E-state index contributed by atoms with van der Waals surface area (Å²) >= 11 is 6.61. The number of carbonyl (C=O) groups is 4. The van der Waals surface area contributed by atoms with Crippen molar-refractivity contribution in [3.8, 4) is 34.0 Å². The summed E-state index contributed by atoms with van der Waals surface area (Å²) in [6.45, 7) is 0. The normalized spacial score (nSPS) is 16.3. The predicted molar refractivity (Wildman–Crippen MR) is 207 cm³/mol. The van der Waals surface area contributed by atoms with Gasteiger partial charge in [0.1, 0.15) is 24.3 Å². The van der Waals surface area contributed by atoms with Gasteiger partial charge in [0.15, 0.2) is 23.1 Å². The fraction of sp³-hybridized carbons (Fsp3) is 0.143. The third kappa shape index (κ3) is 4.23. The van der Waals surface area contributed by atoms with Gasteiger partial charge in [-0.15, -0.1) is 45.3 Å². The molecular formula is C42H18N4O4S4. The lowest BCUT2D eigenvalue weighted by molar-refractivity contribution is 0.0975. The highest BCUT2D eigenvalue weighted by Crippen LogP contribution is 2.66. The third-order valence-corrected chi connectivity index (χ3v) is 15.9. The summed E-state index contributed by atoms with van der Waals surface area (Å²) in [6.07, 6.45) is 8.56. The molecule has 0 aliphatic heterocycles. The van der Waals surface area contributed by atoms with Gasteiger partial charge < -0.3 is 0 Å². The molecular weight excluding hydrogens is 753 g/mol. The lowest BCUT2D eigenvalue weighted by Gasteiger charge is -2.35. The second-order valence-corrected chi connectivity index (χ2v) is 18.0. The standard InChI is InChI=1S/C42H18N4O4S4/c43-14-18-6-24-25(7-19(18)15-44)35(48)28(34(24)47)10-22-12-30-38(51-22)32-40(53-30)41-33(42(32)4-2-1-3-5-42)39-31(54-41)13-23(52-39)11-29-36(49)26-8-20(16-45)21(17-46)9-27(26)37(29)50/h6-13H,1-5H2. The molecule has 12 heteroatoms. The first-order chi connectivity index (χ1) is 26.2. The SMILES string of the molecule is N#Cc1cc2c(cc1C#N)C(=O)C(=Cc1cc3sc4c(c3s1)C1(CCCCC1)c1c-4sc3cc(C=C4C(=O)c5cc(C#N)c(C#N)cc5C4=O)sc13)C2=O. The highest BCUT2D eigenvalue weighted by Gasteiger charge is 2.49. The number of hydrogen-bond donors (Lipinski definition) is 0. The van der Waals surface area contributed by atoms with E-state index in [-0.39, 0.29) is 61.1 Å². The average molecular weight is 771 g/mol. The fourth-order valence-electron chi connectivity index (χ4n) is 8.58. The van der Waals surface area contributed by atoms with Gasteiger partial charge in [-0.3, -0.25) is 19.2 Å². The van der Waals surface area contributed by atoms with E-state index in [1.807, 2.05) is 36.4 Å². The van der Waals surface area contributed by atoms with Gasteiger partial charge in [0.05, 0.1) is 52.6 Å². The van der Waals surface area contributed by atoms with E-state index in [0.29, 0.717) is 0 Å². The van der Waals surface area contributed by atoms with E-state index in [2.05, 4.69) is 0 Å². The number of ketones is 4. The molecule has 4 aromatic heterocycles. The van der Waals surface area contributed by atoms with Crippen LogP contribution in [0.1, 0.15) is 117 Å². The van der Waals surface area contributed by atoms with E-state index in [0.717, 1.165) is 60.7 Å². The quantitative estimate of drug-likeness (QED) is 0.124. The molecule has 0 radical (unpaired) electrons. The number of nitrogens with zero attached hydrogens (tertiary/aromatic N) is 4. The largest absolute Gasteiger partial charge is 0.288 e. The van der Waals surface area contributed by atoms with Gasteiger partial charge in [0.2, 0.25) is 0 Å². The molecule has 4 aliphatic rings. The summed E-state index contributed by atoms with van der Waals surface area (Å²) < 4.78 is 4.50. The molecule has 4 aliphatic carbocycles. The number of thiophene rings is 4. The summed E-state index contributed by atoms with van der Waals surface area (Å²) in [7, 11) is 0. The van der Waals surface area contributed by atoms with Crippen LogP contribution in [0.25, 0.3) is 40.7 Å². The molecule has 4 heterocycles. The van der Waals surface area contributed by atoms with Crippen LogP contribution < -0.4 is 0 Å². The van der Waals surface area contributed by atoms with Crippen molar-refractivity contribution in [3.63, 3.8) is 0 Å². The smallest absolute Gasteiger partial charge is 0.197 e. The lowest BCUT2D eigenvalue weighted by Crippen LogP contribution is -2.27. The highest BCUT2D eigenvalue weighted by atomic mass is 32.1. The number of carbonyl (C=O) groups excluding carboxylic acids is 4. The van der Waals surface area contributed by atoms with Crippen molar-refractivity contribution in [1.29, 1.82) is 21.0 Å². The Hall–Kier alpha value is -6.12. The maximum absolute atomic E-state index is 13.4. The maximum atomic E-state index is 13.4. The lowest BCUT2D eigenvalue weighted by atomic mass is 9.68. The topological polar surface area (TPSA) is 163 Å².